The minimum absolute atomic E-state index is 0.0181. The Bertz CT molecular complexity index is 1310. The summed E-state index contributed by atoms with van der Waals surface area (Å²) in [4.78, 5) is 34.4. The van der Waals surface area contributed by atoms with Crippen LogP contribution in [-0.2, 0) is 7.05 Å². The summed E-state index contributed by atoms with van der Waals surface area (Å²) >= 11 is 0. The van der Waals surface area contributed by atoms with E-state index in [9.17, 15) is 9.59 Å². The molecule has 9 heteroatoms. The van der Waals surface area contributed by atoms with E-state index in [1.165, 1.54) is 11.1 Å². The molecule has 3 aromatic rings. The Labute approximate surface area is 210 Å². The zero-order valence-corrected chi connectivity index (χ0v) is 20.6. The highest BCUT2D eigenvalue weighted by molar-refractivity contribution is 6.00. The molecule has 36 heavy (non-hydrogen) atoms. The highest BCUT2D eigenvalue weighted by atomic mass is 16.2. The lowest BCUT2D eigenvalue weighted by Crippen LogP contribution is -2.38. The van der Waals surface area contributed by atoms with Gasteiger partial charge in [-0.15, -0.1) is 0 Å². The van der Waals surface area contributed by atoms with Gasteiger partial charge in [0.2, 0.25) is 0 Å². The molecule has 0 radical (unpaired) electrons. The first kappa shape index (κ1) is 23.7. The highest BCUT2D eigenvalue weighted by Gasteiger charge is 2.29. The zero-order chi connectivity index (χ0) is 25.2. The molecule has 5 rings (SSSR count). The van der Waals surface area contributed by atoms with Crippen molar-refractivity contribution in [1.29, 1.82) is 0 Å². The number of hydrogen-bond acceptors (Lipinski definition) is 6. The molecule has 0 bridgehead atoms. The number of likely N-dealkylation sites (tertiary alicyclic amines) is 1. The monoisotopic (exact) mass is 485 g/mol. The van der Waals surface area contributed by atoms with Gasteiger partial charge in [-0.25, -0.2) is 4.98 Å². The van der Waals surface area contributed by atoms with Gasteiger partial charge in [-0.1, -0.05) is 18.2 Å². The molecule has 1 aromatic carbocycles. The number of aromatic nitrogens is 3. The quantitative estimate of drug-likeness (QED) is 0.575. The zero-order valence-electron chi connectivity index (χ0n) is 20.6. The minimum Gasteiger partial charge on any atom is -0.383 e. The summed E-state index contributed by atoms with van der Waals surface area (Å²) in [5.74, 6) is -0.137. The lowest BCUT2D eigenvalue weighted by molar-refractivity contribution is 0.0783. The number of nitrogens with zero attached hydrogens (tertiary/aromatic N) is 5. The number of likely N-dealkylation sites (N-methyl/N-ethyl adjacent to an activating group) is 1. The predicted molar refractivity (Wildman–Crippen MR) is 139 cm³/mol. The van der Waals surface area contributed by atoms with E-state index in [-0.39, 0.29) is 23.7 Å². The van der Waals surface area contributed by atoms with Crippen LogP contribution in [0.3, 0.4) is 0 Å². The maximum absolute atomic E-state index is 13.1. The molecule has 0 spiro atoms. The van der Waals surface area contributed by atoms with E-state index in [2.05, 4.69) is 33.4 Å². The Balaban J connectivity index is 1.21. The molecular weight excluding hydrogens is 454 g/mol. The number of pyridine rings is 1. The molecule has 2 aliphatic heterocycles. The standard InChI is InChI=1S/C27H31N7O2/c1-32-10-7-19(8-11-32)18-3-5-20(6-4-18)27(36)34-12-9-23(17-34)31-26(35)24-13-21(14-29-25(24)28)22-15-30-33(2)16-22/h3-7,13-16,23H,8-12,17H2,1-2H3,(H2,28,29)(H,31,35)/t23-/m1/s1. The first-order valence-corrected chi connectivity index (χ1v) is 12.2. The molecule has 3 N–H and O–H groups in total. The van der Waals surface area contributed by atoms with Crippen molar-refractivity contribution in [1.82, 2.24) is 29.9 Å². The summed E-state index contributed by atoms with van der Waals surface area (Å²) in [6.45, 7) is 3.04. The molecule has 9 nitrogen and oxygen atoms in total. The van der Waals surface area contributed by atoms with E-state index in [0.717, 1.165) is 30.6 Å². The lowest BCUT2D eigenvalue weighted by Gasteiger charge is -2.22. The number of carbonyl (C=O) groups is 2. The largest absolute Gasteiger partial charge is 0.383 e. The van der Waals surface area contributed by atoms with E-state index in [1.54, 1.807) is 28.0 Å². The number of carbonyl (C=O) groups excluding carboxylic acids is 2. The first-order chi connectivity index (χ1) is 17.4. The van der Waals surface area contributed by atoms with Crippen LogP contribution in [-0.4, -0.2) is 75.6 Å². The Morgan fingerprint density at radius 3 is 2.56 bits per heavy atom. The van der Waals surface area contributed by atoms with Crippen molar-refractivity contribution in [2.24, 2.45) is 7.05 Å². The van der Waals surface area contributed by atoms with Gasteiger partial charge in [-0.05, 0) is 49.2 Å². The fourth-order valence-corrected chi connectivity index (χ4v) is 4.75. The van der Waals surface area contributed by atoms with Gasteiger partial charge in [-0.2, -0.15) is 5.10 Å². The SMILES string of the molecule is CN1CC=C(c2ccc(C(=O)N3CC[C@@H](NC(=O)c4cc(-c5cnn(C)c5)cnc4N)C3)cc2)CC1. The third kappa shape index (κ3) is 5.01. The van der Waals surface area contributed by atoms with Crippen molar-refractivity contribution in [3.63, 3.8) is 0 Å². The first-order valence-electron chi connectivity index (χ1n) is 12.2. The molecule has 0 unspecified atom stereocenters. The number of rotatable bonds is 5. The van der Waals surface area contributed by atoms with Crippen LogP contribution < -0.4 is 11.1 Å². The molecule has 2 amide bonds. The Hall–Kier alpha value is -3.98. The van der Waals surface area contributed by atoms with Gasteiger partial charge >= 0.3 is 0 Å². The van der Waals surface area contributed by atoms with Crippen molar-refractivity contribution in [3.8, 4) is 11.1 Å². The lowest BCUT2D eigenvalue weighted by atomic mass is 9.98. The topological polar surface area (TPSA) is 109 Å². The Morgan fingerprint density at radius 2 is 1.86 bits per heavy atom. The number of nitrogen functional groups attached to an aromatic ring is 1. The summed E-state index contributed by atoms with van der Waals surface area (Å²) in [6.07, 6.45) is 9.16. The number of nitrogens with two attached hydrogens (primary N) is 1. The fourth-order valence-electron chi connectivity index (χ4n) is 4.75. The van der Waals surface area contributed by atoms with Crippen LogP contribution >= 0.6 is 0 Å². The minimum atomic E-state index is -0.291. The van der Waals surface area contributed by atoms with E-state index < -0.39 is 0 Å². The average molecular weight is 486 g/mol. The highest BCUT2D eigenvalue weighted by Crippen LogP contribution is 2.24. The Kier molecular flexibility index (Phi) is 6.56. The van der Waals surface area contributed by atoms with E-state index in [4.69, 9.17) is 5.73 Å². The molecule has 2 aliphatic rings. The summed E-state index contributed by atoms with van der Waals surface area (Å²) in [5.41, 5.74) is 11.1. The van der Waals surface area contributed by atoms with Crippen LogP contribution in [0.15, 0.2) is 55.0 Å². The fraction of sp³-hybridized carbons (Fsp3) is 0.333. The molecule has 186 valence electrons. The van der Waals surface area contributed by atoms with Gasteiger partial charge in [0.15, 0.2) is 0 Å². The van der Waals surface area contributed by atoms with E-state index in [1.807, 2.05) is 37.5 Å². The second-order valence-electron chi connectivity index (χ2n) is 9.59. The van der Waals surface area contributed by atoms with Gasteiger partial charge < -0.3 is 20.9 Å². The van der Waals surface area contributed by atoms with Crippen LogP contribution in [0.2, 0.25) is 0 Å². The maximum Gasteiger partial charge on any atom is 0.255 e. The molecule has 1 fully saturated rings. The van der Waals surface area contributed by atoms with Gasteiger partial charge in [-0.3, -0.25) is 14.3 Å². The molecule has 0 aliphatic carbocycles. The van der Waals surface area contributed by atoms with Gasteiger partial charge in [0.1, 0.15) is 5.82 Å². The molecule has 0 saturated carbocycles. The Morgan fingerprint density at radius 1 is 1.06 bits per heavy atom. The molecular formula is C27H31N7O2. The van der Waals surface area contributed by atoms with Gasteiger partial charge in [0.25, 0.3) is 11.8 Å². The van der Waals surface area contributed by atoms with Crippen LogP contribution in [0.4, 0.5) is 5.82 Å². The van der Waals surface area contributed by atoms with Crippen molar-refractivity contribution in [3.05, 3.63) is 71.7 Å². The smallest absolute Gasteiger partial charge is 0.255 e. The van der Waals surface area contributed by atoms with Crippen molar-refractivity contribution in [2.45, 2.75) is 18.9 Å². The number of nitrogens with one attached hydrogen (secondary N) is 1. The summed E-state index contributed by atoms with van der Waals surface area (Å²) in [5, 5.41) is 7.20. The van der Waals surface area contributed by atoms with Crippen molar-refractivity contribution in [2.75, 3.05) is 39.0 Å². The second-order valence-corrected chi connectivity index (χ2v) is 9.59. The molecule has 4 heterocycles. The number of amides is 2. The van der Waals surface area contributed by atoms with Gasteiger partial charge in [0, 0.05) is 68.4 Å². The number of benzene rings is 1. The number of aryl methyl sites for hydroxylation is 1. The van der Waals surface area contributed by atoms with Crippen LogP contribution in [0.25, 0.3) is 16.7 Å². The molecule has 2 aromatic heterocycles. The van der Waals surface area contributed by atoms with Crippen molar-refractivity contribution < 1.29 is 9.59 Å². The van der Waals surface area contributed by atoms with E-state index in [0.29, 0.717) is 30.6 Å². The third-order valence-corrected chi connectivity index (χ3v) is 6.93. The predicted octanol–water partition coefficient (Wildman–Crippen LogP) is 2.43. The number of anilines is 1. The maximum atomic E-state index is 13.1. The summed E-state index contributed by atoms with van der Waals surface area (Å²) in [7, 11) is 3.95. The average Bonchev–Trinajstić information content (AvgIpc) is 3.53. The summed E-state index contributed by atoms with van der Waals surface area (Å²) < 4.78 is 1.69. The molecule has 1 saturated heterocycles. The van der Waals surface area contributed by atoms with Crippen molar-refractivity contribution >= 4 is 23.2 Å². The van der Waals surface area contributed by atoms with Crippen LogP contribution in [0.1, 0.15) is 39.1 Å². The number of hydrogen-bond donors (Lipinski definition) is 2. The van der Waals surface area contributed by atoms with Crippen LogP contribution in [0.5, 0.6) is 0 Å². The second kappa shape index (κ2) is 9.94. The van der Waals surface area contributed by atoms with E-state index >= 15 is 0 Å². The van der Waals surface area contributed by atoms with Crippen LogP contribution in [0, 0.1) is 0 Å². The van der Waals surface area contributed by atoms with Gasteiger partial charge in [0.05, 0.1) is 11.8 Å². The summed E-state index contributed by atoms with van der Waals surface area (Å²) in [6, 6.07) is 9.45. The normalized spacial score (nSPS) is 18.2. The molecule has 1 atom stereocenters. The third-order valence-electron chi connectivity index (χ3n) is 6.93.